The largest absolute Gasteiger partial charge is 0.382 e. The fourth-order valence-corrected chi connectivity index (χ4v) is 3.93. The molecule has 0 radical (unpaired) electrons. The number of morpholine rings is 1. The van der Waals surface area contributed by atoms with Crippen LogP contribution in [-0.2, 0) is 14.9 Å². The minimum absolute atomic E-state index is 0.196. The van der Waals surface area contributed by atoms with E-state index in [0.717, 1.165) is 0 Å². The lowest BCUT2D eigenvalue weighted by molar-refractivity contribution is -0.00630. The van der Waals surface area contributed by atoms with Gasteiger partial charge in [0, 0.05) is 38.6 Å². The summed E-state index contributed by atoms with van der Waals surface area (Å²) >= 11 is 0. The molecule has 0 saturated carbocycles. The van der Waals surface area contributed by atoms with Gasteiger partial charge in [0.1, 0.15) is 17.6 Å². The second kappa shape index (κ2) is 6.65. The zero-order chi connectivity index (χ0) is 15.5. The molecule has 1 aromatic rings. The summed E-state index contributed by atoms with van der Waals surface area (Å²) in [6, 6.07) is 0. The first-order chi connectivity index (χ1) is 10.0. The maximum absolute atomic E-state index is 12.5. The summed E-state index contributed by atoms with van der Waals surface area (Å²) < 4.78 is 33.5. The van der Waals surface area contributed by atoms with Crippen LogP contribution >= 0.6 is 0 Å². The Balaban J connectivity index is 2.20. The molecular weight excluding hydrogens is 294 g/mol. The minimum Gasteiger partial charge on any atom is -0.382 e. The van der Waals surface area contributed by atoms with Gasteiger partial charge in [0.05, 0.1) is 6.61 Å². The lowest BCUT2D eigenvalue weighted by Crippen LogP contribution is -2.49. The number of ether oxygens (including phenoxy) is 1. The molecule has 1 saturated heterocycles. The molecule has 0 amide bonds. The third-order valence-corrected chi connectivity index (χ3v) is 5.60. The molecule has 0 aliphatic carbocycles. The van der Waals surface area contributed by atoms with E-state index in [-0.39, 0.29) is 12.4 Å². The Kier molecular flexibility index (Phi) is 5.09. The van der Waals surface area contributed by atoms with Crippen LogP contribution in [0.2, 0.25) is 0 Å². The highest BCUT2D eigenvalue weighted by Crippen LogP contribution is 2.25. The number of rotatable bonds is 5. The van der Waals surface area contributed by atoms with E-state index in [1.54, 1.807) is 0 Å². The van der Waals surface area contributed by atoms with Crippen LogP contribution < -0.4 is 5.73 Å². The molecule has 1 fully saturated rings. The van der Waals surface area contributed by atoms with Crippen molar-refractivity contribution in [2.45, 2.75) is 20.0 Å². The molecule has 1 atom stereocenters. The summed E-state index contributed by atoms with van der Waals surface area (Å²) in [7, 11) is -3.48. The van der Waals surface area contributed by atoms with Gasteiger partial charge in [0.25, 0.3) is 10.2 Å². The predicted octanol–water partition coefficient (Wildman–Crippen LogP) is 0.0187. The van der Waals surface area contributed by atoms with Crippen molar-refractivity contribution in [2.24, 2.45) is 0 Å². The summed E-state index contributed by atoms with van der Waals surface area (Å²) in [5.41, 5.74) is 6.27. The van der Waals surface area contributed by atoms with Gasteiger partial charge in [-0.2, -0.15) is 17.0 Å². The average molecular weight is 315 g/mol. The molecule has 0 aromatic carbocycles. The van der Waals surface area contributed by atoms with Gasteiger partial charge < -0.3 is 10.5 Å². The van der Waals surface area contributed by atoms with Crippen LogP contribution in [0, 0.1) is 0 Å². The van der Waals surface area contributed by atoms with Crippen molar-refractivity contribution < 1.29 is 13.2 Å². The smallest absolute Gasteiger partial charge is 0.282 e. The number of nitrogen functional groups attached to an aromatic ring is 1. The normalized spacial score (nSPS) is 20.8. The van der Waals surface area contributed by atoms with Gasteiger partial charge >= 0.3 is 0 Å². The van der Waals surface area contributed by atoms with E-state index in [4.69, 9.17) is 10.5 Å². The van der Waals surface area contributed by atoms with Gasteiger partial charge in [-0.15, -0.1) is 0 Å². The molecule has 21 heavy (non-hydrogen) atoms. The molecule has 2 rings (SSSR count). The van der Waals surface area contributed by atoms with Crippen LogP contribution in [0.5, 0.6) is 0 Å². The molecule has 0 unspecified atom stereocenters. The van der Waals surface area contributed by atoms with E-state index in [0.29, 0.717) is 31.9 Å². The number of hydrogen-bond donors (Lipinski definition) is 1. The topological polar surface area (TPSA) is 102 Å². The minimum atomic E-state index is -3.48. The van der Waals surface area contributed by atoms with Crippen molar-refractivity contribution >= 4 is 16.0 Å². The van der Waals surface area contributed by atoms with Gasteiger partial charge in [-0.1, -0.05) is 13.8 Å². The second-order valence-corrected chi connectivity index (χ2v) is 6.56. The van der Waals surface area contributed by atoms with Crippen LogP contribution in [0.1, 0.15) is 25.6 Å². The predicted molar refractivity (Wildman–Crippen MR) is 78.6 cm³/mol. The Hall–Kier alpha value is -1.29. The van der Waals surface area contributed by atoms with Crippen molar-refractivity contribution in [1.82, 2.24) is 18.6 Å². The van der Waals surface area contributed by atoms with Crippen molar-refractivity contribution in [3.8, 4) is 0 Å². The molecule has 1 aromatic heterocycles. The fraction of sp³-hybridized carbons (Fsp3) is 0.667. The summed E-state index contributed by atoms with van der Waals surface area (Å²) in [4.78, 5) is 8.12. The van der Waals surface area contributed by atoms with E-state index < -0.39 is 16.3 Å². The highest BCUT2D eigenvalue weighted by molar-refractivity contribution is 7.86. The van der Waals surface area contributed by atoms with Crippen molar-refractivity contribution in [3.63, 3.8) is 0 Å². The number of aromatic nitrogens is 2. The van der Waals surface area contributed by atoms with Gasteiger partial charge in [-0.3, -0.25) is 4.98 Å². The van der Waals surface area contributed by atoms with Crippen molar-refractivity contribution in [1.29, 1.82) is 0 Å². The number of anilines is 1. The summed E-state index contributed by atoms with van der Waals surface area (Å²) in [5, 5.41) is 0. The van der Waals surface area contributed by atoms with E-state index in [1.807, 2.05) is 13.8 Å². The molecule has 2 N–H and O–H groups in total. The quantitative estimate of drug-likeness (QED) is 0.822. The Labute approximate surface area is 125 Å². The monoisotopic (exact) mass is 315 g/mol. The van der Waals surface area contributed by atoms with Crippen LogP contribution in [0.4, 0.5) is 5.82 Å². The van der Waals surface area contributed by atoms with Crippen LogP contribution in [-0.4, -0.2) is 59.8 Å². The average Bonchev–Trinajstić information content (AvgIpc) is 2.49. The number of nitrogens with two attached hydrogens (primary N) is 1. The first kappa shape index (κ1) is 16.1. The summed E-state index contributed by atoms with van der Waals surface area (Å²) in [5.74, 6) is 0.268. The van der Waals surface area contributed by atoms with E-state index >= 15 is 0 Å². The van der Waals surface area contributed by atoms with Crippen LogP contribution in [0.3, 0.4) is 0 Å². The van der Waals surface area contributed by atoms with Gasteiger partial charge in [-0.05, 0) is 0 Å². The van der Waals surface area contributed by atoms with E-state index in [2.05, 4.69) is 9.97 Å². The Morgan fingerprint density at radius 1 is 1.38 bits per heavy atom. The first-order valence-corrected chi connectivity index (χ1v) is 8.33. The Morgan fingerprint density at radius 2 is 2.05 bits per heavy atom. The maximum atomic E-state index is 12.5. The zero-order valence-corrected chi connectivity index (χ0v) is 13.1. The fourth-order valence-electron chi connectivity index (χ4n) is 2.32. The Bertz CT molecular complexity index is 576. The molecule has 8 nitrogen and oxygen atoms in total. The third kappa shape index (κ3) is 3.31. The molecule has 118 valence electrons. The first-order valence-electron chi connectivity index (χ1n) is 6.93. The standard InChI is InChI=1S/C12H21N5O3S/c1-3-16(4-2)21(18,19)17-7-8-20-10(9-17)11-12(13)15-6-5-14-11/h5-6,10H,3-4,7-9H2,1-2H3,(H2,13,15)/t10-/m0/s1. The van der Waals surface area contributed by atoms with Crippen LogP contribution in [0.25, 0.3) is 0 Å². The Morgan fingerprint density at radius 3 is 2.67 bits per heavy atom. The third-order valence-electron chi connectivity index (χ3n) is 3.45. The molecule has 0 spiro atoms. The SMILES string of the molecule is CCN(CC)S(=O)(=O)N1CCO[C@H](c2nccnc2N)C1. The zero-order valence-electron chi connectivity index (χ0n) is 12.3. The van der Waals surface area contributed by atoms with Gasteiger partial charge in [0.15, 0.2) is 0 Å². The molecule has 0 bridgehead atoms. The highest BCUT2D eigenvalue weighted by atomic mass is 32.2. The van der Waals surface area contributed by atoms with Crippen molar-refractivity contribution in [3.05, 3.63) is 18.1 Å². The summed E-state index contributed by atoms with van der Waals surface area (Å²) in [6.45, 7) is 5.35. The lowest BCUT2D eigenvalue weighted by Gasteiger charge is -2.34. The molecule has 9 heteroatoms. The van der Waals surface area contributed by atoms with Gasteiger partial charge in [0.2, 0.25) is 0 Å². The molecule has 2 heterocycles. The van der Waals surface area contributed by atoms with Crippen LogP contribution in [0.15, 0.2) is 12.4 Å². The van der Waals surface area contributed by atoms with Gasteiger partial charge in [-0.25, -0.2) is 4.98 Å². The number of nitrogens with zero attached hydrogens (tertiary/aromatic N) is 4. The summed E-state index contributed by atoms with van der Waals surface area (Å²) in [6.07, 6.45) is 2.52. The number of hydrogen-bond acceptors (Lipinski definition) is 6. The van der Waals surface area contributed by atoms with Crippen molar-refractivity contribution in [2.75, 3.05) is 38.5 Å². The lowest BCUT2D eigenvalue weighted by atomic mass is 10.2. The second-order valence-electron chi connectivity index (χ2n) is 4.64. The highest BCUT2D eigenvalue weighted by Gasteiger charge is 2.34. The molecular formula is C12H21N5O3S. The van der Waals surface area contributed by atoms with E-state index in [1.165, 1.54) is 21.0 Å². The molecule has 1 aliphatic rings. The maximum Gasteiger partial charge on any atom is 0.282 e. The molecule has 1 aliphatic heterocycles. The van der Waals surface area contributed by atoms with E-state index in [9.17, 15) is 8.42 Å².